The van der Waals surface area contributed by atoms with Crippen LogP contribution in [0.3, 0.4) is 0 Å². The van der Waals surface area contributed by atoms with Gasteiger partial charge in [0.1, 0.15) is 22.8 Å². The molecule has 2 aromatic carbocycles. The minimum Gasteiger partial charge on any atom is -0.435 e. The third-order valence-corrected chi connectivity index (χ3v) is 3.66. The molecule has 0 aliphatic heterocycles. The van der Waals surface area contributed by atoms with Crippen molar-refractivity contribution in [1.29, 1.82) is 5.26 Å². The van der Waals surface area contributed by atoms with Gasteiger partial charge in [0, 0.05) is 10.9 Å². The molecule has 1 heterocycles. The molecule has 0 saturated heterocycles. The molecule has 0 saturated carbocycles. The molecule has 3 aromatic rings. The Morgan fingerprint density at radius 1 is 1.12 bits per heavy atom. The molecule has 0 fully saturated rings. The van der Waals surface area contributed by atoms with E-state index in [1.807, 2.05) is 6.07 Å². The standard InChI is InChI=1S/C17H8ClF3N2O/c18-16-12-5-4-11(24-17(20)21)7-13(12)15(14(8-22)23-16)9-2-1-3-10(19)6-9/h1-7,17H. The third kappa shape index (κ3) is 2.99. The summed E-state index contributed by atoms with van der Waals surface area (Å²) in [6, 6.07) is 11.6. The summed E-state index contributed by atoms with van der Waals surface area (Å²) < 4.78 is 42.9. The minimum absolute atomic E-state index is 0.0349. The van der Waals surface area contributed by atoms with E-state index in [2.05, 4.69) is 9.72 Å². The lowest BCUT2D eigenvalue weighted by molar-refractivity contribution is -0.0497. The first-order valence-corrected chi connectivity index (χ1v) is 7.11. The second-order valence-corrected chi connectivity index (χ2v) is 5.19. The summed E-state index contributed by atoms with van der Waals surface area (Å²) in [5, 5.41) is 10.2. The summed E-state index contributed by atoms with van der Waals surface area (Å²) in [4.78, 5) is 4.01. The second-order valence-electron chi connectivity index (χ2n) is 4.83. The number of fused-ring (bicyclic) bond motifs is 1. The van der Waals surface area contributed by atoms with Crippen molar-refractivity contribution >= 4 is 22.4 Å². The van der Waals surface area contributed by atoms with Gasteiger partial charge in [-0.25, -0.2) is 9.37 Å². The van der Waals surface area contributed by atoms with Crippen molar-refractivity contribution in [3.8, 4) is 22.9 Å². The molecule has 3 rings (SSSR count). The average molecular weight is 349 g/mol. The monoisotopic (exact) mass is 348 g/mol. The first-order valence-electron chi connectivity index (χ1n) is 6.73. The SMILES string of the molecule is N#Cc1nc(Cl)c2ccc(OC(F)F)cc2c1-c1cccc(F)c1. The molecule has 7 heteroatoms. The number of alkyl halides is 2. The van der Waals surface area contributed by atoms with E-state index in [-0.39, 0.29) is 16.6 Å². The van der Waals surface area contributed by atoms with Crippen molar-refractivity contribution in [2.45, 2.75) is 6.61 Å². The molecule has 0 aliphatic rings. The Morgan fingerprint density at radius 2 is 1.92 bits per heavy atom. The summed E-state index contributed by atoms with van der Waals surface area (Å²) in [6.45, 7) is -2.99. The minimum atomic E-state index is -2.99. The van der Waals surface area contributed by atoms with Gasteiger partial charge >= 0.3 is 6.61 Å². The van der Waals surface area contributed by atoms with Gasteiger partial charge in [0.25, 0.3) is 0 Å². The molecular weight excluding hydrogens is 341 g/mol. The van der Waals surface area contributed by atoms with Crippen LogP contribution in [0.25, 0.3) is 21.9 Å². The number of rotatable bonds is 3. The van der Waals surface area contributed by atoms with Crippen LogP contribution >= 0.6 is 11.6 Å². The molecule has 0 amide bonds. The van der Waals surface area contributed by atoms with Crippen LogP contribution in [0.2, 0.25) is 5.15 Å². The van der Waals surface area contributed by atoms with Crippen LogP contribution in [-0.2, 0) is 0 Å². The van der Waals surface area contributed by atoms with Gasteiger partial charge in [-0.2, -0.15) is 14.0 Å². The number of hydrogen-bond donors (Lipinski definition) is 0. The molecular formula is C17H8ClF3N2O. The largest absolute Gasteiger partial charge is 0.435 e. The van der Waals surface area contributed by atoms with Crippen molar-refractivity contribution in [3.63, 3.8) is 0 Å². The van der Waals surface area contributed by atoms with E-state index in [1.54, 1.807) is 6.07 Å². The van der Waals surface area contributed by atoms with E-state index < -0.39 is 12.4 Å². The number of nitrogens with zero attached hydrogens (tertiary/aromatic N) is 2. The topological polar surface area (TPSA) is 45.9 Å². The van der Waals surface area contributed by atoms with Gasteiger partial charge in [0.2, 0.25) is 0 Å². The van der Waals surface area contributed by atoms with Crippen molar-refractivity contribution < 1.29 is 17.9 Å². The predicted molar refractivity (Wildman–Crippen MR) is 83.5 cm³/mol. The fourth-order valence-electron chi connectivity index (χ4n) is 2.45. The lowest BCUT2D eigenvalue weighted by Crippen LogP contribution is -2.02. The number of hydrogen-bond acceptors (Lipinski definition) is 3. The Balaban J connectivity index is 2.36. The number of benzene rings is 2. The lowest BCUT2D eigenvalue weighted by atomic mass is 9.97. The summed E-state index contributed by atoms with van der Waals surface area (Å²) in [5.41, 5.74) is 0.651. The first-order chi connectivity index (χ1) is 11.5. The number of aromatic nitrogens is 1. The van der Waals surface area contributed by atoms with E-state index >= 15 is 0 Å². The Kier molecular flexibility index (Phi) is 4.28. The van der Waals surface area contributed by atoms with E-state index in [0.29, 0.717) is 21.9 Å². The number of halogens is 4. The van der Waals surface area contributed by atoms with Crippen molar-refractivity contribution in [2.24, 2.45) is 0 Å². The Labute approximate surface area is 139 Å². The van der Waals surface area contributed by atoms with Gasteiger partial charge < -0.3 is 4.74 Å². The van der Waals surface area contributed by atoms with Crippen LogP contribution in [0.5, 0.6) is 5.75 Å². The van der Waals surface area contributed by atoms with E-state index in [0.717, 1.165) is 0 Å². The fraction of sp³-hybridized carbons (Fsp3) is 0.0588. The molecule has 0 radical (unpaired) electrons. The normalized spacial score (nSPS) is 10.8. The average Bonchev–Trinajstić information content (AvgIpc) is 2.53. The number of ether oxygens (including phenoxy) is 1. The van der Waals surface area contributed by atoms with Crippen LogP contribution in [0.1, 0.15) is 5.69 Å². The van der Waals surface area contributed by atoms with Crippen molar-refractivity contribution in [1.82, 2.24) is 4.98 Å². The summed E-state index contributed by atoms with van der Waals surface area (Å²) >= 11 is 6.06. The highest BCUT2D eigenvalue weighted by Crippen LogP contribution is 2.36. The highest BCUT2D eigenvalue weighted by molar-refractivity contribution is 6.35. The molecule has 0 atom stereocenters. The highest BCUT2D eigenvalue weighted by atomic mass is 35.5. The van der Waals surface area contributed by atoms with Crippen LogP contribution in [-0.4, -0.2) is 11.6 Å². The molecule has 120 valence electrons. The maximum absolute atomic E-state index is 13.6. The fourth-order valence-corrected chi connectivity index (χ4v) is 2.69. The maximum atomic E-state index is 13.6. The molecule has 0 aliphatic carbocycles. The van der Waals surface area contributed by atoms with E-state index in [1.165, 1.54) is 36.4 Å². The van der Waals surface area contributed by atoms with E-state index in [9.17, 15) is 18.4 Å². The van der Waals surface area contributed by atoms with Crippen LogP contribution in [0.4, 0.5) is 13.2 Å². The molecule has 24 heavy (non-hydrogen) atoms. The molecule has 0 spiro atoms. The van der Waals surface area contributed by atoms with Crippen molar-refractivity contribution in [3.05, 3.63) is 59.1 Å². The van der Waals surface area contributed by atoms with Crippen molar-refractivity contribution in [2.75, 3.05) is 0 Å². The zero-order valence-electron chi connectivity index (χ0n) is 11.9. The van der Waals surface area contributed by atoms with Gasteiger partial charge in [0.05, 0.1) is 0 Å². The quantitative estimate of drug-likeness (QED) is 0.614. The van der Waals surface area contributed by atoms with Gasteiger partial charge in [-0.1, -0.05) is 23.7 Å². The third-order valence-electron chi connectivity index (χ3n) is 3.37. The van der Waals surface area contributed by atoms with E-state index in [4.69, 9.17) is 11.6 Å². The first kappa shape index (κ1) is 16.1. The zero-order valence-corrected chi connectivity index (χ0v) is 12.7. The van der Waals surface area contributed by atoms with Gasteiger partial charge in [-0.3, -0.25) is 0 Å². The van der Waals surface area contributed by atoms with Crippen LogP contribution in [0.15, 0.2) is 42.5 Å². The molecule has 1 aromatic heterocycles. The van der Waals surface area contributed by atoms with Crippen LogP contribution in [0, 0.1) is 17.1 Å². The smallest absolute Gasteiger partial charge is 0.387 e. The maximum Gasteiger partial charge on any atom is 0.387 e. The molecule has 3 nitrogen and oxygen atoms in total. The second kappa shape index (κ2) is 6.38. The number of pyridine rings is 1. The van der Waals surface area contributed by atoms with Gasteiger partial charge in [0.15, 0.2) is 5.69 Å². The molecule has 0 N–H and O–H groups in total. The van der Waals surface area contributed by atoms with Crippen LogP contribution < -0.4 is 4.74 Å². The zero-order chi connectivity index (χ0) is 17.3. The summed E-state index contributed by atoms with van der Waals surface area (Å²) in [6.07, 6.45) is 0. The Bertz CT molecular complexity index is 970. The number of nitriles is 1. The Hall–Kier alpha value is -2.78. The molecule has 0 bridgehead atoms. The highest BCUT2D eigenvalue weighted by Gasteiger charge is 2.17. The molecule has 0 unspecified atom stereocenters. The Morgan fingerprint density at radius 3 is 2.58 bits per heavy atom. The van der Waals surface area contributed by atoms with Gasteiger partial charge in [-0.15, -0.1) is 0 Å². The lowest BCUT2D eigenvalue weighted by Gasteiger charge is -2.12. The predicted octanol–water partition coefficient (Wildman–Crippen LogP) is 5.17. The summed E-state index contributed by atoms with van der Waals surface area (Å²) in [7, 11) is 0. The van der Waals surface area contributed by atoms with Gasteiger partial charge in [-0.05, 0) is 41.3 Å². The summed E-state index contributed by atoms with van der Waals surface area (Å²) in [5.74, 6) is -0.596.